The van der Waals surface area contributed by atoms with Crippen molar-refractivity contribution in [2.75, 3.05) is 13.1 Å². The summed E-state index contributed by atoms with van der Waals surface area (Å²) in [6, 6.07) is 7.20. The van der Waals surface area contributed by atoms with Crippen molar-refractivity contribution in [2.45, 2.75) is 6.54 Å². The summed E-state index contributed by atoms with van der Waals surface area (Å²) in [6.07, 6.45) is 3.52. The van der Waals surface area contributed by atoms with Gasteiger partial charge in [-0.1, -0.05) is 24.3 Å². The number of hydrogen-bond donors (Lipinski definition) is 2. The Morgan fingerprint density at radius 1 is 1.20 bits per heavy atom. The molecule has 1 heterocycles. The molecular weight excluding hydrogens is 252 g/mol. The number of nitrogens with zero attached hydrogens (tertiary/aromatic N) is 1. The molecule has 104 valence electrons. The summed E-state index contributed by atoms with van der Waals surface area (Å²) in [5, 5.41) is 11.0. The normalized spacial score (nSPS) is 10.8. The third-order valence-corrected chi connectivity index (χ3v) is 3.15. The van der Waals surface area contributed by atoms with E-state index in [-0.39, 0.29) is 11.3 Å². The zero-order valence-corrected chi connectivity index (χ0v) is 11.3. The van der Waals surface area contributed by atoms with Crippen LogP contribution in [0.15, 0.2) is 54.4 Å². The van der Waals surface area contributed by atoms with Gasteiger partial charge in [-0.25, -0.2) is 0 Å². The fraction of sp³-hybridized carbons (Fsp3) is 0.188. The Balaban J connectivity index is 2.45. The van der Waals surface area contributed by atoms with Gasteiger partial charge in [0.2, 0.25) is 0 Å². The molecule has 0 saturated carbocycles. The van der Waals surface area contributed by atoms with Crippen molar-refractivity contribution in [3.63, 3.8) is 0 Å². The summed E-state index contributed by atoms with van der Waals surface area (Å²) in [5.41, 5.74) is 0.740. The summed E-state index contributed by atoms with van der Waals surface area (Å²) < 4.78 is 0. The van der Waals surface area contributed by atoms with Gasteiger partial charge in [0.05, 0.1) is 11.1 Å². The Labute approximate surface area is 117 Å². The van der Waals surface area contributed by atoms with Crippen molar-refractivity contribution in [3.05, 3.63) is 65.5 Å². The third kappa shape index (κ3) is 2.81. The summed E-state index contributed by atoms with van der Waals surface area (Å²) in [7, 11) is 0. The molecule has 0 spiro atoms. The topological polar surface area (TPSA) is 56.3 Å². The first-order valence-corrected chi connectivity index (χ1v) is 6.44. The second kappa shape index (κ2) is 6.21. The molecule has 0 unspecified atom stereocenters. The number of benzene rings is 1. The highest BCUT2D eigenvalue weighted by Crippen LogP contribution is 2.25. The lowest BCUT2D eigenvalue weighted by Crippen LogP contribution is -2.27. The Morgan fingerprint density at radius 3 is 2.50 bits per heavy atom. The Kier molecular flexibility index (Phi) is 4.38. The van der Waals surface area contributed by atoms with Crippen LogP contribution in [-0.4, -0.2) is 28.1 Å². The molecule has 4 heteroatoms. The number of para-hydroxylation sites is 1. The van der Waals surface area contributed by atoms with Crippen molar-refractivity contribution in [3.8, 4) is 5.75 Å². The van der Waals surface area contributed by atoms with Crippen LogP contribution in [0.4, 0.5) is 0 Å². The lowest BCUT2D eigenvalue weighted by Gasteiger charge is -2.19. The van der Waals surface area contributed by atoms with Gasteiger partial charge in [0.25, 0.3) is 5.56 Å². The number of nitrogens with one attached hydrogen (secondary N) is 1. The van der Waals surface area contributed by atoms with E-state index in [4.69, 9.17) is 0 Å². The molecule has 0 fully saturated rings. The van der Waals surface area contributed by atoms with E-state index in [0.717, 1.165) is 0 Å². The van der Waals surface area contributed by atoms with E-state index in [1.54, 1.807) is 24.3 Å². The minimum atomic E-state index is -0.265. The summed E-state index contributed by atoms with van der Waals surface area (Å²) in [5.74, 6) is 0.0440. The lowest BCUT2D eigenvalue weighted by molar-refractivity contribution is 0.319. The number of fused-ring (bicyclic) bond motifs is 1. The van der Waals surface area contributed by atoms with Crippen LogP contribution in [0.3, 0.4) is 0 Å². The van der Waals surface area contributed by atoms with Crippen molar-refractivity contribution in [2.24, 2.45) is 0 Å². The first-order chi connectivity index (χ1) is 9.67. The molecule has 2 aromatic rings. The minimum absolute atomic E-state index is 0.0440. The average molecular weight is 270 g/mol. The molecule has 0 saturated heterocycles. The molecule has 1 aromatic carbocycles. The maximum Gasteiger partial charge on any atom is 0.256 e. The van der Waals surface area contributed by atoms with Gasteiger partial charge < -0.3 is 10.1 Å². The molecule has 20 heavy (non-hydrogen) atoms. The summed E-state index contributed by atoms with van der Waals surface area (Å²) in [6.45, 7) is 8.99. The molecule has 0 amide bonds. The van der Waals surface area contributed by atoms with E-state index < -0.39 is 0 Å². The second-order valence-corrected chi connectivity index (χ2v) is 4.60. The minimum Gasteiger partial charge on any atom is -0.507 e. The molecular formula is C16H18N2O2. The van der Waals surface area contributed by atoms with Crippen molar-refractivity contribution in [1.29, 1.82) is 0 Å². The van der Waals surface area contributed by atoms with Crippen LogP contribution in [0.25, 0.3) is 10.9 Å². The number of aromatic hydroxyl groups is 1. The largest absolute Gasteiger partial charge is 0.507 e. The molecule has 0 atom stereocenters. The zero-order chi connectivity index (χ0) is 14.5. The highest BCUT2D eigenvalue weighted by Gasteiger charge is 2.14. The van der Waals surface area contributed by atoms with Crippen LogP contribution in [-0.2, 0) is 6.54 Å². The van der Waals surface area contributed by atoms with E-state index in [2.05, 4.69) is 18.1 Å². The van der Waals surface area contributed by atoms with Gasteiger partial charge in [-0.15, -0.1) is 13.2 Å². The van der Waals surface area contributed by atoms with Gasteiger partial charge in [-0.2, -0.15) is 0 Å². The molecule has 0 bridgehead atoms. The second-order valence-electron chi connectivity index (χ2n) is 4.60. The van der Waals surface area contributed by atoms with Gasteiger partial charge in [0, 0.05) is 25.0 Å². The molecule has 2 N–H and O–H groups in total. The maximum atomic E-state index is 12.1. The van der Waals surface area contributed by atoms with E-state index in [0.29, 0.717) is 36.1 Å². The van der Waals surface area contributed by atoms with Crippen LogP contribution in [0.5, 0.6) is 5.75 Å². The first kappa shape index (κ1) is 14.1. The van der Waals surface area contributed by atoms with Crippen molar-refractivity contribution >= 4 is 10.9 Å². The smallest absolute Gasteiger partial charge is 0.256 e. The number of aromatic nitrogens is 1. The lowest BCUT2D eigenvalue weighted by atomic mass is 10.1. The van der Waals surface area contributed by atoms with E-state index in [9.17, 15) is 9.90 Å². The number of H-pyrrole nitrogens is 1. The van der Waals surface area contributed by atoms with Crippen LogP contribution in [0, 0.1) is 0 Å². The van der Waals surface area contributed by atoms with Gasteiger partial charge in [0.15, 0.2) is 0 Å². The average Bonchev–Trinajstić information content (AvgIpc) is 2.44. The van der Waals surface area contributed by atoms with Crippen molar-refractivity contribution < 1.29 is 5.11 Å². The molecule has 0 aliphatic heterocycles. The molecule has 0 aliphatic rings. The Hall–Kier alpha value is -2.33. The van der Waals surface area contributed by atoms with E-state index in [1.165, 1.54) is 0 Å². The molecule has 4 nitrogen and oxygen atoms in total. The van der Waals surface area contributed by atoms with Gasteiger partial charge in [-0.3, -0.25) is 9.69 Å². The first-order valence-electron chi connectivity index (χ1n) is 6.44. The van der Waals surface area contributed by atoms with Crippen LogP contribution in [0.1, 0.15) is 5.56 Å². The predicted octanol–water partition coefficient (Wildman–Crippen LogP) is 2.41. The van der Waals surface area contributed by atoms with E-state index >= 15 is 0 Å². The molecule has 0 aliphatic carbocycles. The predicted molar refractivity (Wildman–Crippen MR) is 81.9 cm³/mol. The molecule has 2 rings (SSSR count). The van der Waals surface area contributed by atoms with Gasteiger partial charge in [-0.05, 0) is 12.1 Å². The van der Waals surface area contributed by atoms with Crippen LogP contribution < -0.4 is 5.56 Å². The SMILES string of the molecule is C=CCN(CC=C)Cc1c(O)c2ccccc2[nH]c1=O. The Bertz CT molecular complexity index is 678. The number of hydrogen-bond acceptors (Lipinski definition) is 3. The summed E-state index contributed by atoms with van der Waals surface area (Å²) in [4.78, 5) is 16.9. The zero-order valence-electron chi connectivity index (χ0n) is 11.3. The number of aromatic amines is 1. The monoisotopic (exact) mass is 270 g/mol. The number of pyridine rings is 1. The van der Waals surface area contributed by atoms with Crippen LogP contribution >= 0.6 is 0 Å². The Morgan fingerprint density at radius 2 is 1.85 bits per heavy atom. The van der Waals surface area contributed by atoms with Crippen LogP contribution in [0.2, 0.25) is 0 Å². The highest BCUT2D eigenvalue weighted by molar-refractivity contribution is 5.85. The fourth-order valence-corrected chi connectivity index (χ4v) is 2.21. The number of rotatable bonds is 6. The quantitative estimate of drug-likeness (QED) is 0.793. The van der Waals surface area contributed by atoms with Gasteiger partial charge >= 0.3 is 0 Å². The fourth-order valence-electron chi connectivity index (χ4n) is 2.21. The van der Waals surface area contributed by atoms with Crippen molar-refractivity contribution in [1.82, 2.24) is 9.88 Å². The standard InChI is InChI=1S/C16H18N2O2/c1-3-9-18(10-4-2)11-13-15(19)12-7-5-6-8-14(12)17-16(13)20/h3-8H,1-2,9-11H2,(H2,17,19,20). The molecule has 1 aromatic heterocycles. The molecule has 0 radical (unpaired) electrons. The highest BCUT2D eigenvalue weighted by atomic mass is 16.3. The van der Waals surface area contributed by atoms with Gasteiger partial charge in [0.1, 0.15) is 5.75 Å². The third-order valence-electron chi connectivity index (χ3n) is 3.15. The maximum absolute atomic E-state index is 12.1. The summed E-state index contributed by atoms with van der Waals surface area (Å²) >= 11 is 0. The van der Waals surface area contributed by atoms with E-state index in [1.807, 2.05) is 17.0 Å².